The quantitative estimate of drug-likeness (QED) is 0.601. The number of aryl methyl sites for hydroxylation is 2. The molecule has 2 aliphatic rings. The van der Waals surface area contributed by atoms with Crippen LogP contribution in [-0.2, 0) is 36.7 Å². The minimum atomic E-state index is -3.57. The van der Waals surface area contributed by atoms with E-state index in [0.29, 0.717) is 24.9 Å². The Bertz CT molecular complexity index is 773. The highest BCUT2D eigenvalue weighted by Gasteiger charge is 2.33. The van der Waals surface area contributed by atoms with Crippen molar-refractivity contribution in [1.29, 1.82) is 0 Å². The maximum Gasteiger partial charge on any atom is 0.414 e. The number of nitrogens with zero attached hydrogens (tertiary/aromatic N) is 1. The summed E-state index contributed by atoms with van der Waals surface area (Å²) in [4.78, 5) is 25.1. The fourth-order valence-corrected chi connectivity index (χ4v) is 3.35. The molecule has 8 heteroatoms. The number of Topliss-reactive ketones (excluding diaryl/α,β-unsaturated/α-hetero) is 1. The molecule has 0 saturated carbocycles. The number of carbonyl (C=O) groups is 2. The summed E-state index contributed by atoms with van der Waals surface area (Å²) >= 11 is 0. The SMILES string of the molecule is CS(=O)(=O)OC[C@H]1CN(c2ccc3c(c2)CCC(=O)CC3)C(=O)O1. The van der Waals surface area contributed by atoms with Crippen LogP contribution in [0.1, 0.15) is 24.0 Å². The average Bonchev–Trinajstić information content (AvgIpc) is 2.79. The van der Waals surface area contributed by atoms with Gasteiger partial charge in [-0.1, -0.05) is 6.07 Å². The summed E-state index contributed by atoms with van der Waals surface area (Å²) in [6, 6.07) is 5.68. The van der Waals surface area contributed by atoms with E-state index in [1.807, 2.05) is 18.2 Å². The number of fused-ring (bicyclic) bond motifs is 1. The number of hydrogen-bond donors (Lipinski definition) is 0. The Hall–Kier alpha value is -1.93. The first-order chi connectivity index (χ1) is 11.3. The second-order valence-electron chi connectivity index (χ2n) is 6.10. The number of carbonyl (C=O) groups excluding carboxylic acids is 2. The predicted octanol–water partition coefficient (Wildman–Crippen LogP) is 1.44. The molecule has 130 valence electrons. The van der Waals surface area contributed by atoms with Crippen LogP contribution in [0, 0.1) is 0 Å². The number of hydrogen-bond acceptors (Lipinski definition) is 6. The average molecular weight is 353 g/mol. The van der Waals surface area contributed by atoms with Crippen molar-refractivity contribution in [2.45, 2.75) is 31.8 Å². The number of rotatable bonds is 4. The third-order valence-corrected chi connectivity index (χ3v) is 4.75. The van der Waals surface area contributed by atoms with E-state index in [0.717, 1.165) is 23.8 Å². The molecule has 0 radical (unpaired) electrons. The third kappa shape index (κ3) is 3.93. The van der Waals surface area contributed by atoms with Crippen LogP contribution < -0.4 is 4.90 Å². The number of anilines is 1. The molecule has 7 nitrogen and oxygen atoms in total. The normalized spacial score (nSPS) is 21.4. The van der Waals surface area contributed by atoms with E-state index in [1.54, 1.807) is 0 Å². The zero-order valence-electron chi connectivity index (χ0n) is 13.4. The van der Waals surface area contributed by atoms with E-state index in [1.165, 1.54) is 4.90 Å². The fraction of sp³-hybridized carbons (Fsp3) is 0.500. The van der Waals surface area contributed by atoms with Gasteiger partial charge in [0.25, 0.3) is 10.1 Å². The summed E-state index contributed by atoms with van der Waals surface area (Å²) in [5.74, 6) is 0.256. The zero-order valence-corrected chi connectivity index (χ0v) is 14.2. The summed E-state index contributed by atoms with van der Waals surface area (Å²) < 4.78 is 31.9. The van der Waals surface area contributed by atoms with Crippen LogP contribution in [0.4, 0.5) is 10.5 Å². The molecule has 1 aromatic rings. The van der Waals surface area contributed by atoms with Gasteiger partial charge in [-0.25, -0.2) is 4.79 Å². The van der Waals surface area contributed by atoms with E-state index in [9.17, 15) is 18.0 Å². The Morgan fingerprint density at radius 2 is 1.88 bits per heavy atom. The molecule has 1 atom stereocenters. The lowest BCUT2D eigenvalue weighted by atomic mass is 10.0. The molecule has 0 spiro atoms. The minimum Gasteiger partial charge on any atom is -0.441 e. The monoisotopic (exact) mass is 353 g/mol. The summed E-state index contributed by atoms with van der Waals surface area (Å²) in [5.41, 5.74) is 2.89. The number of cyclic esters (lactones) is 1. The van der Waals surface area contributed by atoms with E-state index >= 15 is 0 Å². The lowest BCUT2D eigenvalue weighted by Gasteiger charge is -2.15. The molecule has 1 saturated heterocycles. The Morgan fingerprint density at radius 1 is 1.17 bits per heavy atom. The van der Waals surface area contributed by atoms with Crippen LogP contribution in [0.5, 0.6) is 0 Å². The van der Waals surface area contributed by atoms with Crippen molar-refractivity contribution < 1.29 is 26.9 Å². The molecule has 1 fully saturated rings. The van der Waals surface area contributed by atoms with Gasteiger partial charge in [-0.15, -0.1) is 0 Å². The Balaban J connectivity index is 1.73. The maximum absolute atomic E-state index is 12.0. The van der Waals surface area contributed by atoms with Crippen LogP contribution in [0.25, 0.3) is 0 Å². The summed E-state index contributed by atoms with van der Waals surface area (Å²) in [7, 11) is -3.57. The zero-order chi connectivity index (χ0) is 17.3. The molecule has 1 amide bonds. The van der Waals surface area contributed by atoms with Gasteiger partial charge in [-0.2, -0.15) is 8.42 Å². The molecular weight excluding hydrogens is 334 g/mol. The first-order valence-corrected chi connectivity index (χ1v) is 9.59. The molecule has 1 aliphatic heterocycles. The van der Waals surface area contributed by atoms with Gasteiger partial charge in [-0.3, -0.25) is 13.9 Å². The van der Waals surface area contributed by atoms with E-state index in [2.05, 4.69) is 0 Å². The van der Waals surface area contributed by atoms with E-state index < -0.39 is 22.3 Å². The Kier molecular flexibility index (Phi) is 4.60. The first-order valence-electron chi connectivity index (χ1n) is 7.78. The standard InChI is InChI=1S/C16H19NO6S/c1-24(20,21)22-10-15-9-17(16(19)23-15)13-5-2-11-3-6-14(18)7-4-12(11)8-13/h2,5,8,15H,3-4,6-7,9-10H2,1H3/t15-/m1/s1. The Morgan fingerprint density at radius 3 is 2.58 bits per heavy atom. The lowest BCUT2D eigenvalue weighted by molar-refractivity contribution is -0.118. The highest BCUT2D eigenvalue weighted by Crippen LogP contribution is 2.27. The summed E-state index contributed by atoms with van der Waals surface area (Å²) in [5, 5.41) is 0. The second-order valence-corrected chi connectivity index (χ2v) is 7.74. The van der Waals surface area contributed by atoms with Crippen LogP contribution >= 0.6 is 0 Å². The smallest absolute Gasteiger partial charge is 0.414 e. The summed E-state index contributed by atoms with van der Waals surface area (Å²) in [6.07, 6.45) is 2.27. The molecule has 24 heavy (non-hydrogen) atoms. The molecule has 1 aromatic carbocycles. The van der Waals surface area contributed by atoms with Crippen LogP contribution in [0.2, 0.25) is 0 Å². The molecular formula is C16H19NO6S. The van der Waals surface area contributed by atoms with Crippen molar-refractivity contribution in [3.05, 3.63) is 29.3 Å². The number of amides is 1. The Labute approximate surface area is 140 Å². The van der Waals surface area contributed by atoms with E-state index in [-0.39, 0.29) is 18.9 Å². The van der Waals surface area contributed by atoms with Gasteiger partial charge in [0.1, 0.15) is 18.5 Å². The van der Waals surface area contributed by atoms with Crippen molar-refractivity contribution in [3.8, 4) is 0 Å². The van der Waals surface area contributed by atoms with Crippen molar-refractivity contribution in [2.24, 2.45) is 0 Å². The fourth-order valence-electron chi connectivity index (χ4n) is 2.95. The lowest BCUT2D eigenvalue weighted by Crippen LogP contribution is -2.26. The van der Waals surface area contributed by atoms with Crippen LogP contribution in [-0.4, -0.2) is 45.8 Å². The largest absolute Gasteiger partial charge is 0.441 e. The maximum atomic E-state index is 12.0. The van der Waals surface area contributed by atoms with Crippen molar-refractivity contribution in [3.63, 3.8) is 0 Å². The highest BCUT2D eigenvalue weighted by atomic mass is 32.2. The topological polar surface area (TPSA) is 90.0 Å². The molecule has 0 N–H and O–H groups in total. The van der Waals surface area contributed by atoms with Crippen molar-refractivity contribution in [1.82, 2.24) is 0 Å². The van der Waals surface area contributed by atoms with Gasteiger partial charge >= 0.3 is 6.09 Å². The van der Waals surface area contributed by atoms with E-state index in [4.69, 9.17) is 8.92 Å². The van der Waals surface area contributed by atoms with Gasteiger partial charge in [0.2, 0.25) is 0 Å². The molecule has 1 aliphatic carbocycles. The molecule has 0 aromatic heterocycles. The minimum absolute atomic E-state index is 0.194. The predicted molar refractivity (Wildman–Crippen MR) is 86.5 cm³/mol. The van der Waals surface area contributed by atoms with Gasteiger partial charge in [0.15, 0.2) is 0 Å². The number of ketones is 1. The molecule has 1 heterocycles. The van der Waals surface area contributed by atoms with Crippen LogP contribution in [0.15, 0.2) is 18.2 Å². The van der Waals surface area contributed by atoms with Gasteiger partial charge in [-0.05, 0) is 36.1 Å². The molecule has 0 bridgehead atoms. The van der Waals surface area contributed by atoms with Gasteiger partial charge < -0.3 is 4.74 Å². The molecule has 3 rings (SSSR count). The number of benzene rings is 1. The summed E-state index contributed by atoms with van der Waals surface area (Å²) in [6.45, 7) is 0.0343. The van der Waals surface area contributed by atoms with Gasteiger partial charge in [0.05, 0.1) is 12.8 Å². The van der Waals surface area contributed by atoms with Crippen LogP contribution in [0.3, 0.4) is 0 Å². The van der Waals surface area contributed by atoms with Crippen molar-refractivity contribution >= 4 is 27.7 Å². The molecule has 0 unspecified atom stereocenters. The van der Waals surface area contributed by atoms with Gasteiger partial charge in [0, 0.05) is 18.5 Å². The highest BCUT2D eigenvalue weighted by molar-refractivity contribution is 7.85. The third-order valence-electron chi connectivity index (χ3n) is 4.19. The second kappa shape index (κ2) is 6.52. The number of ether oxygens (including phenoxy) is 1. The van der Waals surface area contributed by atoms with Crippen molar-refractivity contribution in [2.75, 3.05) is 24.3 Å². The first kappa shape index (κ1) is 16.9.